The average molecular weight is 305 g/mol. The third kappa shape index (κ3) is 3.57. The monoisotopic (exact) mass is 305 g/mol. The molecule has 0 spiro atoms. The summed E-state index contributed by atoms with van der Waals surface area (Å²) in [6.07, 6.45) is -0.325. The zero-order valence-electron chi connectivity index (χ0n) is 13.3. The van der Waals surface area contributed by atoms with Crippen LogP contribution in [0.1, 0.15) is 27.2 Å². The molecule has 0 aliphatic carbocycles. The molecular weight excluding hydrogens is 282 g/mol. The molecule has 0 aromatic heterocycles. The molecule has 0 bridgehead atoms. The van der Waals surface area contributed by atoms with Crippen molar-refractivity contribution in [1.29, 1.82) is 0 Å². The Kier molecular flexibility index (Phi) is 4.71. The maximum absolute atomic E-state index is 12.3. The Balaban J connectivity index is 2.06. The molecule has 1 aromatic rings. The van der Waals surface area contributed by atoms with E-state index in [1.165, 1.54) is 0 Å². The van der Waals surface area contributed by atoms with Crippen LogP contribution in [0, 0.1) is 0 Å². The van der Waals surface area contributed by atoms with Crippen molar-refractivity contribution in [2.75, 3.05) is 18.0 Å². The lowest BCUT2D eigenvalue weighted by Crippen LogP contribution is -2.50. The number of nitrogens with zero attached hydrogens (tertiary/aromatic N) is 1. The molecule has 0 fully saturated rings. The molecule has 6 nitrogen and oxygen atoms in total. The third-order valence-corrected chi connectivity index (χ3v) is 3.62. The first-order valence-electron chi connectivity index (χ1n) is 7.42. The fraction of sp³-hybridized carbons (Fsp3) is 0.500. The summed E-state index contributed by atoms with van der Waals surface area (Å²) >= 11 is 0. The Hall–Kier alpha value is -2.08. The first kappa shape index (κ1) is 16.3. The molecule has 0 saturated heterocycles. The summed E-state index contributed by atoms with van der Waals surface area (Å²) in [5, 5.41) is 2.86. The zero-order valence-corrected chi connectivity index (χ0v) is 13.3. The van der Waals surface area contributed by atoms with E-state index in [2.05, 4.69) is 5.32 Å². The van der Waals surface area contributed by atoms with E-state index in [1.54, 1.807) is 11.8 Å². The minimum absolute atomic E-state index is 0.125. The average Bonchev–Trinajstić information content (AvgIpc) is 2.47. The van der Waals surface area contributed by atoms with Gasteiger partial charge in [-0.15, -0.1) is 0 Å². The maximum Gasteiger partial charge on any atom is 0.267 e. The van der Waals surface area contributed by atoms with E-state index in [1.807, 2.05) is 38.1 Å². The fourth-order valence-corrected chi connectivity index (χ4v) is 2.29. The topological polar surface area (TPSA) is 84.7 Å². The van der Waals surface area contributed by atoms with Gasteiger partial charge in [0, 0.05) is 25.0 Å². The minimum atomic E-state index is -0.543. The van der Waals surface area contributed by atoms with Gasteiger partial charge in [-0.1, -0.05) is 12.1 Å². The van der Waals surface area contributed by atoms with Crippen LogP contribution < -0.4 is 20.7 Å². The molecule has 2 amide bonds. The van der Waals surface area contributed by atoms with E-state index < -0.39 is 11.6 Å². The van der Waals surface area contributed by atoms with Crippen LogP contribution in [-0.2, 0) is 9.59 Å². The quantitative estimate of drug-likeness (QED) is 0.851. The van der Waals surface area contributed by atoms with Gasteiger partial charge in [0.2, 0.25) is 5.91 Å². The van der Waals surface area contributed by atoms with Crippen LogP contribution in [0.3, 0.4) is 0 Å². The van der Waals surface area contributed by atoms with Gasteiger partial charge in [0.25, 0.3) is 5.91 Å². The number of carbonyl (C=O) groups excluding carboxylic acids is 2. The van der Waals surface area contributed by atoms with E-state index in [0.717, 1.165) is 0 Å². The second-order valence-corrected chi connectivity index (χ2v) is 6.10. The van der Waals surface area contributed by atoms with Crippen LogP contribution in [0.4, 0.5) is 5.69 Å². The number of fused-ring (bicyclic) bond motifs is 1. The SMILES string of the molecule is CC1Oc2ccccc2N(CCC(=O)NC(C)(C)CN)C1=O. The molecule has 6 heteroatoms. The largest absolute Gasteiger partial charge is 0.479 e. The summed E-state index contributed by atoms with van der Waals surface area (Å²) in [5.41, 5.74) is 5.86. The number of carbonyl (C=O) groups is 2. The molecule has 1 unspecified atom stereocenters. The first-order valence-corrected chi connectivity index (χ1v) is 7.42. The van der Waals surface area contributed by atoms with Crippen molar-refractivity contribution in [2.45, 2.75) is 38.8 Å². The molecule has 0 saturated carbocycles. The number of nitrogens with one attached hydrogen (secondary N) is 1. The normalized spacial score (nSPS) is 17.7. The number of hydrogen-bond donors (Lipinski definition) is 2. The van der Waals surface area contributed by atoms with Crippen molar-refractivity contribution in [3.8, 4) is 5.75 Å². The van der Waals surface area contributed by atoms with Gasteiger partial charge in [-0.05, 0) is 32.9 Å². The maximum atomic E-state index is 12.3. The van der Waals surface area contributed by atoms with Crippen molar-refractivity contribution < 1.29 is 14.3 Å². The number of benzene rings is 1. The van der Waals surface area contributed by atoms with Crippen LogP contribution in [0.2, 0.25) is 0 Å². The summed E-state index contributed by atoms with van der Waals surface area (Å²) in [5.74, 6) is 0.404. The number of amides is 2. The lowest BCUT2D eigenvalue weighted by molar-refractivity contribution is -0.125. The molecule has 1 heterocycles. The second kappa shape index (κ2) is 6.36. The van der Waals surface area contributed by atoms with Crippen LogP contribution in [0.5, 0.6) is 5.75 Å². The van der Waals surface area contributed by atoms with Crippen molar-refractivity contribution in [2.24, 2.45) is 5.73 Å². The van der Waals surface area contributed by atoms with Crippen molar-refractivity contribution in [3.05, 3.63) is 24.3 Å². The number of hydrogen-bond acceptors (Lipinski definition) is 4. The van der Waals surface area contributed by atoms with Gasteiger partial charge < -0.3 is 20.7 Å². The van der Waals surface area contributed by atoms with Crippen LogP contribution in [-0.4, -0.2) is 36.5 Å². The summed E-state index contributed by atoms with van der Waals surface area (Å²) in [6, 6.07) is 7.34. The Morgan fingerprint density at radius 3 is 2.77 bits per heavy atom. The molecule has 2 rings (SSSR count). The lowest BCUT2D eigenvalue weighted by Gasteiger charge is -2.33. The highest BCUT2D eigenvalue weighted by molar-refractivity contribution is 6.00. The Bertz CT molecular complexity index is 572. The minimum Gasteiger partial charge on any atom is -0.479 e. The number of anilines is 1. The zero-order chi connectivity index (χ0) is 16.3. The van der Waals surface area contributed by atoms with Gasteiger partial charge in [0.15, 0.2) is 6.10 Å². The highest BCUT2D eigenvalue weighted by Gasteiger charge is 2.31. The Morgan fingerprint density at radius 2 is 2.09 bits per heavy atom. The highest BCUT2D eigenvalue weighted by Crippen LogP contribution is 2.33. The molecule has 22 heavy (non-hydrogen) atoms. The van der Waals surface area contributed by atoms with Crippen molar-refractivity contribution in [3.63, 3.8) is 0 Å². The van der Waals surface area contributed by atoms with Crippen LogP contribution in [0.25, 0.3) is 0 Å². The number of ether oxygens (including phenoxy) is 1. The number of nitrogens with two attached hydrogens (primary N) is 1. The predicted molar refractivity (Wildman–Crippen MR) is 84.8 cm³/mol. The van der Waals surface area contributed by atoms with Gasteiger partial charge >= 0.3 is 0 Å². The second-order valence-electron chi connectivity index (χ2n) is 6.10. The number of rotatable bonds is 5. The fourth-order valence-electron chi connectivity index (χ4n) is 2.29. The Labute approximate surface area is 130 Å². The van der Waals surface area contributed by atoms with Gasteiger partial charge in [0.05, 0.1) is 5.69 Å². The molecule has 1 atom stereocenters. The van der Waals surface area contributed by atoms with E-state index in [0.29, 0.717) is 24.5 Å². The van der Waals surface area contributed by atoms with Crippen LogP contribution in [0.15, 0.2) is 24.3 Å². The van der Waals surface area contributed by atoms with Gasteiger partial charge in [-0.3, -0.25) is 9.59 Å². The van der Waals surface area contributed by atoms with E-state index in [9.17, 15) is 9.59 Å². The summed E-state index contributed by atoms with van der Waals surface area (Å²) in [4.78, 5) is 25.9. The third-order valence-electron chi connectivity index (χ3n) is 3.62. The van der Waals surface area contributed by atoms with E-state index >= 15 is 0 Å². The molecule has 1 aromatic carbocycles. The summed E-state index contributed by atoms with van der Waals surface area (Å²) < 4.78 is 5.57. The van der Waals surface area contributed by atoms with Crippen molar-refractivity contribution in [1.82, 2.24) is 5.32 Å². The highest BCUT2D eigenvalue weighted by atomic mass is 16.5. The summed E-state index contributed by atoms with van der Waals surface area (Å²) in [6.45, 7) is 6.11. The standard InChI is InChI=1S/C16H23N3O3/c1-11-15(21)19(12-6-4-5-7-13(12)22-11)9-8-14(20)18-16(2,3)10-17/h4-7,11H,8-10,17H2,1-3H3,(H,18,20). The summed E-state index contributed by atoms with van der Waals surface area (Å²) in [7, 11) is 0. The van der Waals surface area contributed by atoms with E-state index in [-0.39, 0.29) is 18.2 Å². The predicted octanol–water partition coefficient (Wildman–Crippen LogP) is 1.04. The van der Waals surface area contributed by atoms with Crippen molar-refractivity contribution >= 4 is 17.5 Å². The Morgan fingerprint density at radius 1 is 1.41 bits per heavy atom. The molecule has 1 aliphatic heterocycles. The van der Waals surface area contributed by atoms with Gasteiger partial charge in [0.1, 0.15) is 5.75 Å². The molecule has 120 valence electrons. The molecule has 3 N–H and O–H groups in total. The van der Waals surface area contributed by atoms with Gasteiger partial charge in [-0.25, -0.2) is 0 Å². The molecule has 0 radical (unpaired) electrons. The smallest absolute Gasteiger partial charge is 0.267 e. The molecule has 1 aliphatic rings. The lowest BCUT2D eigenvalue weighted by atomic mass is 10.1. The van der Waals surface area contributed by atoms with Gasteiger partial charge in [-0.2, -0.15) is 0 Å². The first-order chi connectivity index (χ1) is 10.3. The molecular formula is C16H23N3O3. The van der Waals surface area contributed by atoms with E-state index in [4.69, 9.17) is 10.5 Å². The van der Waals surface area contributed by atoms with Crippen LogP contribution >= 0.6 is 0 Å². The number of para-hydroxylation sites is 2.